The number of aryl methyl sites for hydroxylation is 1. The second kappa shape index (κ2) is 9.70. The Morgan fingerprint density at radius 1 is 1.17 bits per heavy atom. The van der Waals surface area contributed by atoms with E-state index in [1.165, 1.54) is 0 Å². The van der Waals surface area contributed by atoms with Crippen LogP contribution in [0.15, 0.2) is 48.7 Å². The summed E-state index contributed by atoms with van der Waals surface area (Å²) in [6.07, 6.45) is 4.18. The van der Waals surface area contributed by atoms with Gasteiger partial charge < -0.3 is 9.84 Å². The average molecular weight is 395 g/mol. The lowest BCUT2D eigenvalue weighted by molar-refractivity contribution is 0.0953. The highest BCUT2D eigenvalue weighted by Gasteiger charge is 2.22. The van der Waals surface area contributed by atoms with E-state index in [1.54, 1.807) is 0 Å². The molecule has 0 fully saturated rings. The molecular weight excluding hydrogens is 364 g/mol. The molecule has 0 unspecified atom stereocenters. The fraction of sp³-hybridized carbons (Fsp3) is 0.417. The molecule has 2 heterocycles. The molecule has 5 heteroatoms. The number of nitrogens with zero attached hydrogens (tertiary/aromatic N) is 2. The zero-order valence-corrected chi connectivity index (χ0v) is 17.5. The molecule has 0 radical (unpaired) electrons. The Morgan fingerprint density at radius 3 is 2.62 bits per heavy atom. The molecule has 0 aliphatic heterocycles. The molecule has 2 aromatic heterocycles. The van der Waals surface area contributed by atoms with Crippen molar-refractivity contribution in [3.63, 3.8) is 0 Å². The lowest BCUT2D eigenvalue weighted by Gasteiger charge is -2.14. The molecule has 3 rings (SSSR count). The first-order valence-electron chi connectivity index (χ1n) is 10.3. The maximum absolute atomic E-state index is 13.1. The summed E-state index contributed by atoms with van der Waals surface area (Å²) < 4.78 is 7.77. The van der Waals surface area contributed by atoms with Crippen LogP contribution < -0.4 is 4.74 Å². The van der Waals surface area contributed by atoms with E-state index in [-0.39, 0.29) is 24.7 Å². The van der Waals surface area contributed by atoms with Gasteiger partial charge in [-0.1, -0.05) is 44.2 Å². The highest BCUT2D eigenvalue weighted by Crippen LogP contribution is 2.26. The lowest BCUT2D eigenvalue weighted by Crippen LogP contribution is -2.13. The van der Waals surface area contributed by atoms with E-state index in [1.807, 2.05) is 60.0 Å². The van der Waals surface area contributed by atoms with Gasteiger partial charge in [0.15, 0.2) is 17.2 Å². The Kier molecular flexibility index (Phi) is 7.04. The van der Waals surface area contributed by atoms with Gasteiger partial charge in [0.2, 0.25) is 0 Å². The van der Waals surface area contributed by atoms with Crippen LogP contribution in [0.25, 0.3) is 5.65 Å². The third-order valence-corrected chi connectivity index (χ3v) is 5.16. The van der Waals surface area contributed by atoms with Gasteiger partial charge in [0.1, 0.15) is 5.69 Å². The quantitative estimate of drug-likeness (QED) is 0.396. The van der Waals surface area contributed by atoms with Gasteiger partial charge in [-0.3, -0.25) is 9.20 Å². The number of fused-ring (bicyclic) bond motifs is 1. The number of rotatable bonds is 10. The number of hydrogen-bond acceptors (Lipinski definition) is 4. The Labute approximate surface area is 172 Å². The minimum atomic E-state index is -0.232. The molecule has 1 aromatic carbocycles. The highest BCUT2D eigenvalue weighted by molar-refractivity contribution is 5.97. The van der Waals surface area contributed by atoms with Crippen molar-refractivity contribution in [3.8, 4) is 5.75 Å². The van der Waals surface area contributed by atoms with E-state index in [4.69, 9.17) is 4.74 Å². The van der Waals surface area contributed by atoms with E-state index in [0.717, 1.165) is 18.4 Å². The minimum absolute atomic E-state index is 0.0325. The fourth-order valence-electron chi connectivity index (χ4n) is 3.61. The van der Waals surface area contributed by atoms with Gasteiger partial charge in [-0.05, 0) is 43.4 Å². The van der Waals surface area contributed by atoms with Crippen molar-refractivity contribution in [1.29, 1.82) is 0 Å². The summed E-state index contributed by atoms with van der Waals surface area (Å²) in [5.74, 6) is 1.08. The molecule has 154 valence electrons. The number of imidazole rings is 1. The Balaban J connectivity index is 1.81. The molecule has 0 aliphatic rings. The number of aliphatic hydroxyl groups is 1. The van der Waals surface area contributed by atoms with Crippen LogP contribution in [0.2, 0.25) is 0 Å². The van der Waals surface area contributed by atoms with Gasteiger partial charge in [-0.2, -0.15) is 0 Å². The molecule has 0 saturated heterocycles. The number of ether oxygens (including phenoxy) is 1. The lowest BCUT2D eigenvalue weighted by atomic mass is 9.93. The van der Waals surface area contributed by atoms with E-state index < -0.39 is 0 Å². The Morgan fingerprint density at radius 2 is 1.93 bits per heavy atom. The van der Waals surface area contributed by atoms with Crippen LogP contribution in [-0.4, -0.2) is 33.5 Å². The van der Waals surface area contributed by atoms with Crippen LogP contribution in [0.5, 0.6) is 5.75 Å². The van der Waals surface area contributed by atoms with E-state index >= 15 is 0 Å². The van der Waals surface area contributed by atoms with Crippen LogP contribution >= 0.6 is 0 Å². The van der Waals surface area contributed by atoms with Crippen molar-refractivity contribution in [1.82, 2.24) is 9.38 Å². The smallest absolute Gasteiger partial charge is 0.182 e. The number of hydrogen-bond donors (Lipinski definition) is 1. The zero-order chi connectivity index (χ0) is 20.8. The standard InChI is InChI=1S/C24H30N2O3/c1-17(2)9-8-14-29-22-12-7-13-26-23(18(3)25-24(22)26)21(28)15-20(16-27)19-10-5-4-6-11-19/h4-7,10-13,17,20,27H,8-9,14-16H2,1-3H3/t20-/m0/s1. The predicted molar refractivity (Wildman–Crippen MR) is 115 cm³/mol. The van der Waals surface area contributed by atoms with Crippen molar-refractivity contribution >= 4 is 11.4 Å². The molecule has 5 nitrogen and oxygen atoms in total. The summed E-state index contributed by atoms with van der Waals surface area (Å²) >= 11 is 0. The fourth-order valence-corrected chi connectivity index (χ4v) is 3.61. The van der Waals surface area contributed by atoms with Crippen LogP contribution in [0.4, 0.5) is 0 Å². The normalized spacial score (nSPS) is 12.4. The van der Waals surface area contributed by atoms with Gasteiger partial charge in [-0.25, -0.2) is 4.98 Å². The number of carbonyl (C=O) groups excluding carboxylic acids is 1. The number of Topliss-reactive ketones (excluding diaryl/α,β-unsaturated/α-hetero) is 1. The van der Waals surface area contributed by atoms with Gasteiger partial charge in [0, 0.05) is 18.5 Å². The topological polar surface area (TPSA) is 63.8 Å². The summed E-state index contributed by atoms with van der Waals surface area (Å²) in [6.45, 7) is 6.81. The van der Waals surface area contributed by atoms with E-state index in [0.29, 0.717) is 35.3 Å². The van der Waals surface area contributed by atoms with Crippen molar-refractivity contribution in [2.45, 2.75) is 46.0 Å². The first kappa shape index (κ1) is 21.1. The van der Waals surface area contributed by atoms with Gasteiger partial charge >= 0.3 is 0 Å². The average Bonchev–Trinajstić information content (AvgIpc) is 3.06. The molecule has 0 saturated carbocycles. The van der Waals surface area contributed by atoms with Crippen molar-refractivity contribution in [3.05, 3.63) is 65.6 Å². The maximum atomic E-state index is 13.1. The predicted octanol–water partition coefficient (Wildman–Crippen LogP) is 4.81. The monoisotopic (exact) mass is 394 g/mol. The molecule has 29 heavy (non-hydrogen) atoms. The second-order valence-corrected chi connectivity index (χ2v) is 7.91. The van der Waals surface area contributed by atoms with Crippen LogP contribution in [-0.2, 0) is 0 Å². The van der Waals surface area contributed by atoms with Gasteiger partial charge in [-0.15, -0.1) is 0 Å². The number of aliphatic hydroxyl groups excluding tert-OH is 1. The molecule has 3 aromatic rings. The third kappa shape index (κ3) is 5.04. The highest BCUT2D eigenvalue weighted by atomic mass is 16.5. The summed E-state index contributed by atoms with van der Waals surface area (Å²) in [5.41, 5.74) is 2.86. The largest absolute Gasteiger partial charge is 0.490 e. The third-order valence-electron chi connectivity index (χ3n) is 5.16. The Hall–Kier alpha value is -2.66. The first-order valence-corrected chi connectivity index (χ1v) is 10.3. The summed E-state index contributed by atoms with van der Waals surface area (Å²) in [6, 6.07) is 13.4. The second-order valence-electron chi connectivity index (χ2n) is 7.91. The molecule has 0 bridgehead atoms. The van der Waals surface area contributed by atoms with Crippen molar-refractivity contribution in [2.75, 3.05) is 13.2 Å². The number of benzene rings is 1. The van der Waals surface area contributed by atoms with Crippen molar-refractivity contribution in [2.24, 2.45) is 5.92 Å². The SMILES string of the molecule is Cc1nc2c(OCCCC(C)C)cccn2c1C(=O)C[C@@H](CO)c1ccccc1. The first-order chi connectivity index (χ1) is 14.0. The zero-order valence-electron chi connectivity index (χ0n) is 17.5. The summed E-state index contributed by atoms with van der Waals surface area (Å²) in [5, 5.41) is 9.82. The number of carbonyl (C=O) groups is 1. The molecule has 0 spiro atoms. The summed E-state index contributed by atoms with van der Waals surface area (Å²) in [7, 11) is 0. The van der Waals surface area contributed by atoms with Crippen LogP contribution in [0, 0.1) is 12.8 Å². The van der Waals surface area contributed by atoms with Crippen molar-refractivity contribution < 1.29 is 14.6 Å². The summed E-state index contributed by atoms with van der Waals surface area (Å²) in [4.78, 5) is 17.7. The van der Waals surface area contributed by atoms with E-state index in [2.05, 4.69) is 18.8 Å². The molecule has 0 amide bonds. The Bertz CT molecular complexity index is 947. The minimum Gasteiger partial charge on any atom is -0.490 e. The van der Waals surface area contributed by atoms with Crippen LogP contribution in [0.3, 0.4) is 0 Å². The number of aromatic nitrogens is 2. The number of ketones is 1. The van der Waals surface area contributed by atoms with Crippen LogP contribution in [0.1, 0.15) is 60.8 Å². The van der Waals surface area contributed by atoms with Gasteiger partial charge in [0.05, 0.1) is 18.9 Å². The van der Waals surface area contributed by atoms with E-state index in [9.17, 15) is 9.90 Å². The molecular formula is C24H30N2O3. The molecule has 1 atom stereocenters. The van der Waals surface area contributed by atoms with Gasteiger partial charge in [0.25, 0.3) is 0 Å². The molecule has 1 N–H and O–H groups in total. The number of pyridine rings is 1. The molecule has 0 aliphatic carbocycles. The maximum Gasteiger partial charge on any atom is 0.182 e.